The van der Waals surface area contributed by atoms with Crippen molar-refractivity contribution in [3.05, 3.63) is 89.0 Å². The van der Waals surface area contributed by atoms with Crippen LogP contribution in [0.4, 0.5) is 10.1 Å². The molecule has 1 aliphatic heterocycles. The van der Waals surface area contributed by atoms with Crippen LogP contribution in [0.3, 0.4) is 0 Å². The summed E-state index contributed by atoms with van der Waals surface area (Å²) in [5, 5.41) is 0.486. The second kappa shape index (κ2) is 8.28. The third-order valence-corrected chi connectivity index (χ3v) is 6.22. The number of rotatable bonds is 5. The van der Waals surface area contributed by atoms with Crippen LogP contribution < -0.4 is 9.64 Å². The maximum Gasteiger partial charge on any atom is 0.227 e. The highest BCUT2D eigenvalue weighted by Crippen LogP contribution is 2.38. The molecule has 5 rings (SSSR count). The third-order valence-electron chi connectivity index (χ3n) is 5.90. The third kappa shape index (κ3) is 3.60. The Bertz CT molecular complexity index is 1320. The van der Waals surface area contributed by atoms with E-state index in [9.17, 15) is 9.18 Å². The number of hydrogen-bond donors (Lipinski definition) is 0. The predicted molar refractivity (Wildman–Crippen MR) is 123 cm³/mol. The summed E-state index contributed by atoms with van der Waals surface area (Å²) in [6.07, 6.45) is 0.300. The van der Waals surface area contributed by atoms with E-state index in [0.29, 0.717) is 41.5 Å². The molecule has 0 spiro atoms. The minimum Gasteiger partial charge on any atom is -0.497 e. The molecule has 7 heteroatoms. The molecule has 4 aromatic rings. The van der Waals surface area contributed by atoms with E-state index >= 15 is 0 Å². The van der Waals surface area contributed by atoms with Crippen molar-refractivity contribution in [2.75, 3.05) is 18.6 Å². The molecule has 1 saturated heterocycles. The normalized spacial score (nSPS) is 16.2. The summed E-state index contributed by atoms with van der Waals surface area (Å²) in [6, 6.07) is 19.8. The van der Waals surface area contributed by atoms with Crippen LogP contribution in [-0.2, 0) is 11.3 Å². The van der Waals surface area contributed by atoms with Crippen LogP contribution >= 0.6 is 11.6 Å². The number of nitrogens with zero attached hydrogens (tertiary/aromatic N) is 3. The smallest absolute Gasteiger partial charge is 0.227 e. The highest BCUT2D eigenvalue weighted by Gasteiger charge is 2.36. The number of aromatic nitrogens is 2. The van der Waals surface area contributed by atoms with Gasteiger partial charge in [-0.25, -0.2) is 9.37 Å². The maximum atomic E-state index is 14.4. The van der Waals surface area contributed by atoms with Crippen molar-refractivity contribution in [2.45, 2.75) is 18.9 Å². The van der Waals surface area contributed by atoms with Crippen LogP contribution in [0.2, 0.25) is 5.02 Å². The molecule has 1 aliphatic rings. The first kappa shape index (κ1) is 20.5. The van der Waals surface area contributed by atoms with E-state index < -0.39 is 0 Å². The average molecular weight is 450 g/mol. The minimum absolute atomic E-state index is 0.0327. The number of carbonyl (C=O) groups is 1. The molecule has 162 valence electrons. The average Bonchev–Trinajstić information content (AvgIpc) is 3.36. The fraction of sp³-hybridized carbons (Fsp3) is 0.200. The number of anilines is 1. The van der Waals surface area contributed by atoms with Crippen molar-refractivity contribution in [2.24, 2.45) is 0 Å². The fourth-order valence-corrected chi connectivity index (χ4v) is 4.53. The first-order chi connectivity index (χ1) is 15.5. The van der Waals surface area contributed by atoms with Gasteiger partial charge in [-0.2, -0.15) is 0 Å². The Labute approximate surface area is 190 Å². The van der Waals surface area contributed by atoms with E-state index in [1.165, 1.54) is 6.07 Å². The number of carbonyl (C=O) groups excluding carboxylic acids is 1. The van der Waals surface area contributed by atoms with Gasteiger partial charge in [0.25, 0.3) is 0 Å². The lowest BCUT2D eigenvalue weighted by molar-refractivity contribution is -0.117. The zero-order valence-electron chi connectivity index (χ0n) is 17.5. The summed E-state index contributed by atoms with van der Waals surface area (Å²) in [5.74, 6) is 0.957. The lowest BCUT2D eigenvalue weighted by Crippen LogP contribution is -2.25. The number of para-hydroxylation sites is 2. The Morgan fingerprint density at radius 3 is 2.72 bits per heavy atom. The molecule has 0 aliphatic carbocycles. The molecule has 0 saturated carbocycles. The van der Waals surface area contributed by atoms with Gasteiger partial charge in [-0.15, -0.1) is 0 Å². The number of methoxy groups -OCH3 is 1. The Hall–Kier alpha value is -3.38. The Morgan fingerprint density at radius 2 is 1.91 bits per heavy atom. The topological polar surface area (TPSA) is 47.4 Å². The van der Waals surface area contributed by atoms with Crippen LogP contribution in [-0.4, -0.2) is 29.1 Å². The zero-order valence-corrected chi connectivity index (χ0v) is 18.2. The second-order valence-corrected chi connectivity index (χ2v) is 8.27. The maximum absolute atomic E-state index is 14.4. The summed E-state index contributed by atoms with van der Waals surface area (Å²) < 4.78 is 21.7. The van der Waals surface area contributed by atoms with Gasteiger partial charge in [0.1, 0.15) is 17.4 Å². The van der Waals surface area contributed by atoms with Gasteiger partial charge in [-0.1, -0.05) is 41.9 Å². The van der Waals surface area contributed by atoms with Crippen molar-refractivity contribution < 1.29 is 13.9 Å². The van der Waals surface area contributed by atoms with Crippen LogP contribution in [0.25, 0.3) is 11.0 Å². The standard InChI is InChI=1S/C25H21ClFN3O2/c1-32-18-10-11-19(26)23(13-18)29-15-17(12-24(29)31)25-28-21-8-4-5-9-22(21)30(25)14-16-6-2-3-7-20(16)27/h2-11,13,17H,12,14-15H2,1H3/t17-/m1/s1. The van der Waals surface area contributed by atoms with E-state index in [0.717, 1.165) is 16.9 Å². The van der Waals surface area contributed by atoms with Crippen molar-refractivity contribution >= 4 is 34.2 Å². The van der Waals surface area contributed by atoms with Gasteiger partial charge in [-0.3, -0.25) is 4.79 Å². The number of hydrogen-bond acceptors (Lipinski definition) is 3. The molecule has 0 radical (unpaired) electrons. The van der Waals surface area contributed by atoms with Crippen molar-refractivity contribution in [3.8, 4) is 5.75 Å². The number of imidazole rings is 1. The fourth-order valence-electron chi connectivity index (χ4n) is 4.31. The van der Waals surface area contributed by atoms with Crippen LogP contribution in [0.15, 0.2) is 66.7 Å². The van der Waals surface area contributed by atoms with Gasteiger partial charge in [0.15, 0.2) is 0 Å². The zero-order chi connectivity index (χ0) is 22.2. The summed E-state index contributed by atoms with van der Waals surface area (Å²) in [6.45, 7) is 0.777. The van der Waals surface area contributed by atoms with Crippen molar-refractivity contribution in [1.82, 2.24) is 9.55 Å². The van der Waals surface area contributed by atoms with Crippen LogP contribution in [0.5, 0.6) is 5.75 Å². The van der Waals surface area contributed by atoms with Gasteiger partial charge in [0.05, 0.1) is 35.4 Å². The van der Waals surface area contributed by atoms with E-state index in [2.05, 4.69) is 0 Å². The monoisotopic (exact) mass is 449 g/mol. The van der Waals surface area contributed by atoms with Gasteiger partial charge >= 0.3 is 0 Å². The highest BCUT2D eigenvalue weighted by atomic mass is 35.5. The molecule has 1 atom stereocenters. The van der Waals surface area contributed by atoms with E-state index in [1.807, 2.05) is 34.9 Å². The van der Waals surface area contributed by atoms with Crippen LogP contribution in [0.1, 0.15) is 23.7 Å². The largest absolute Gasteiger partial charge is 0.497 e. The molecule has 3 aromatic carbocycles. The molecule has 0 unspecified atom stereocenters. The quantitative estimate of drug-likeness (QED) is 0.409. The first-order valence-corrected chi connectivity index (χ1v) is 10.8. The molecule has 5 nitrogen and oxygen atoms in total. The molecule has 1 aromatic heterocycles. The minimum atomic E-state index is -0.261. The predicted octanol–water partition coefficient (Wildman–Crippen LogP) is 5.41. The number of fused-ring (bicyclic) bond motifs is 1. The van der Waals surface area contributed by atoms with E-state index in [1.54, 1.807) is 42.3 Å². The lowest BCUT2D eigenvalue weighted by Gasteiger charge is -2.19. The Balaban J connectivity index is 1.54. The number of ether oxygens (including phenoxy) is 1. The second-order valence-electron chi connectivity index (χ2n) is 7.86. The Morgan fingerprint density at radius 1 is 1.12 bits per heavy atom. The summed E-state index contributed by atoms with van der Waals surface area (Å²) in [4.78, 5) is 19.5. The Kier molecular flexibility index (Phi) is 5.31. The summed E-state index contributed by atoms with van der Waals surface area (Å²) in [7, 11) is 1.58. The molecule has 2 heterocycles. The lowest BCUT2D eigenvalue weighted by atomic mass is 10.1. The van der Waals surface area contributed by atoms with Gasteiger partial charge < -0.3 is 14.2 Å². The SMILES string of the molecule is COc1ccc(Cl)c(N2C[C@H](c3nc4ccccc4n3Cc3ccccc3F)CC2=O)c1. The van der Waals surface area contributed by atoms with E-state index in [4.69, 9.17) is 21.3 Å². The molecule has 1 fully saturated rings. The van der Waals surface area contributed by atoms with Crippen LogP contribution in [0, 0.1) is 5.82 Å². The molecule has 0 N–H and O–H groups in total. The molecule has 0 bridgehead atoms. The highest BCUT2D eigenvalue weighted by molar-refractivity contribution is 6.34. The molecular formula is C25H21ClFN3O2. The summed E-state index contributed by atoms with van der Waals surface area (Å²) in [5.41, 5.74) is 2.93. The number of benzene rings is 3. The van der Waals surface area contributed by atoms with Gasteiger partial charge in [-0.05, 0) is 30.3 Å². The molecule has 1 amide bonds. The summed E-state index contributed by atoms with van der Waals surface area (Å²) >= 11 is 6.40. The van der Waals surface area contributed by atoms with Gasteiger partial charge in [0, 0.05) is 30.5 Å². The van der Waals surface area contributed by atoms with Gasteiger partial charge in [0.2, 0.25) is 5.91 Å². The first-order valence-electron chi connectivity index (χ1n) is 10.4. The molecule has 32 heavy (non-hydrogen) atoms. The van der Waals surface area contributed by atoms with E-state index in [-0.39, 0.29) is 17.6 Å². The number of amides is 1. The van der Waals surface area contributed by atoms with Crippen molar-refractivity contribution in [3.63, 3.8) is 0 Å². The number of halogens is 2. The molecular weight excluding hydrogens is 429 g/mol. The van der Waals surface area contributed by atoms with Crippen molar-refractivity contribution in [1.29, 1.82) is 0 Å².